The summed E-state index contributed by atoms with van der Waals surface area (Å²) in [5.41, 5.74) is 8.40. The van der Waals surface area contributed by atoms with E-state index in [-0.39, 0.29) is 6.04 Å². The Labute approximate surface area is 91.7 Å². The normalized spacial score (nSPS) is 12.5. The molecule has 0 heterocycles. The molecule has 2 heteroatoms. The summed E-state index contributed by atoms with van der Waals surface area (Å²) in [6.45, 7) is 4.34. The van der Waals surface area contributed by atoms with Gasteiger partial charge in [-0.25, -0.2) is 0 Å². The maximum absolute atomic E-state index is 8.47. The van der Waals surface area contributed by atoms with Crippen molar-refractivity contribution in [1.29, 1.82) is 5.26 Å². The van der Waals surface area contributed by atoms with Gasteiger partial charge in [0.05, 0.1) is 6.07 Å². The van der Waals surface area contributed by atoms with E-state index in [9.17, 15) is 0 Å². The predicted octanol–water partition coefficient (Wildman–Crippen LogP) is 3.11. The molecule has 0 saturated heterocycles. The van der Waals surface area contributed by atoms with Crippen molar-refractivity contribution in [1.82, 2.24) is 0 Å². The number of hydrogen-bond donors (Lipinski definition) is 1. The standard InChI is InChI=1S/C13H18N2/c1-10(2)11-5-7-12(8-6-11)13(15)4-3-9-14/h5-8,10,13H,3-4,15H2,1-2H3. The van der Waals surface area contributed by atoms with Gasteiger partial charge in [-0.1, -0.05) is 38.1 Å². The number of benzene rings is 1. The monoisotopic (exact) mass is 202 g/mol. The first-order valence-corrected chi connectivity index (χ1v) is 5.37. The van der Waals surface area contributed by atoms with E-state index >= 15 is 0 Å². The molecular weight excluding hydrogens is 184 g/mol. The summed E-state index contributed by atoms with van der Waals surface area (Å²) in [6.07, 6.45) is 1.25. The highest BCUT2D eigenvalue weighted by Crippen LogP contribution is 2.19. The lowest BCUT2D eigenvalue weighted by Gasteiger charge is -2.11. The van der Waals surface area contributed by atoms with Gasteiger partial charge in [0.2, 0.25) is 0 Å². The lowest BCUT2D eigenvalue weighted by atomic mass is 9.98. The molecule has 1 aromatic rings. The molecule has 1 rings (SSSR count). The van der Waals surface area contributed by atoms with Crippen LogP contribution < -0.4 is 5.73 Å². The minimum absolute atomic E-state index is 0.00846. The summed E-state index contributed by atoms with van der Waals surface area (Å²) in [7, 11) is 0. The largest absolute Gasteiger partial charge is 0.324 e. The summed E-state index contributed by atoms with van der Waals surface area (Å²) in [6, 6.07) is 10.5. The summed E-state index contributed by atoms with van der Waals surface area (Å²) < 4.78 is 0. The molecule has 0 fully saturated rings. The third-order valence-electron chi connectivity index (χ3n) is 2.60. The minimum atomic E-state index is -0.00846. The van der Waals surface area contributed by atoms with E-state index in [1.54, 1.807) is 0 Å². The molecule has 0 aromatic heterocycles. The summed E-state index contributed by atoms with van der Waals surface area (Å²) in [5, 5.41) is 8.47. The van der Waals surface area contributed by atoms with Crippen molar-refractivity contribution in [2.75, 3.05) is 0 Å². The average Bonchev–Trinajstić information content (AvgIpc) is 2.26. The van der Waals surface area contributed by atoms with Gasteiger partial charge in [0.15, 0.2) is 0 Å². The van der Waals surface area contributed by atoms with Crippen LogP contribution in [0.2, 0.25) is 0 Å². The maximum Gasteiger partial charge on any atom is 0.0622 e. The molecule has 2 N–H and O–H groups in total. The van der Waals surface area contributed by atoms with Crippen molar-refractivity contribution in [3.63, 3.8) is 0 Å². The van der Waals surface area contributed by atoms with Crippen molar-refractivity contribution < 1.29 is 0 Å². The van der Waals surface area contributed by atoms with Crippen LogP contribution >= 0.6 is 0 Å². The van der Waals surface area contributed by atoms with Gasteiger partial charge >= 0.3 is 0 Å². The molecule has 0 saturated carbocycles. The van der Waals surface area contributed by atoms with Crippen LogP contribution in [0, 0.1) is 11.3 Å². The van der Waals surface area contributed by atoms with Crippen molar-refractivity contribution >= 4 is 0 Å². The Morgan fingerprint density at radius 1 is 1.20 bits per heavy atom. The quantitative estimate of drug-likeness (QED) is 0.815. The molecule has 1 atom stereocenters. The van der Waals surface area contributed by atoms with E-state index in [2.05, 4.69) is 44.2 Å². The van der Waals surface area contributed by atoms with Crippen molar-refractivity contribution in [2.24, 2.45) is 5.73 Å². The molecule has 1 aromatic carbocycles. The van der Waals surface area contributed by atoms with Crippen LogP contribution in [-0.2, 0) is 0 Å². The topological polar surface area (TPSA) is 49.8 Å². The van der Waals surface area contributed by atoms with Crippen molar-refractivity contribution in [2.45, 2.75) is 38.6 Å². The van der Waals surface area contributed by atoms with Crippen LogP contribution in [0.1, 0.15) is 49.8 Å². The van der Waals surface area contributed by atoms with E-state index in [1.165, 1.54) is 5.56 Å². The summed E-state index contributed by atoms with van der Waals surface area (Å²) in [5.74, 6) is 0.550. The van der Waals surface area contributed by atoms with E-state index < -0.39 is 0 Å². The highest BCUT2D eigenvalue weighted by molar-refractivity contribution is 5.26. The van der Waals surface area contributed by atoms with Crippen LogP contribution in [0.15, 0.2) is 24.3 Å². The third kappa shape index (κ3) is 3.38. The molecule has 0 aliphatic carbocycles. The molecule has 0 bridgehead atoms. The maximum atomic E-state index is 8.47. The second-order valence-electron chi connectivity index (χ2n) is 4.12. The summed E-state index contributed by atoms with van der Waals surface area (Å²) in [4.78, 5) is 0. The Bertz CT molecular complexity index is 333. The van der Waals surface area contributed by atoms with E-state index in [4.69, 9.17) is 11.0 Å². The Morgan fingerprint density at radius 3 is 2.20 bits per heavy atom. The second kappa shape index (κ2) is 5.53. The molecule has 80 valence electrons. The van der Waals surface area contributed by atoms with E-state index in [0.29, 0.717) is 12.3 Å². The first-order chi connectivity index (χ1) is 7.15. The number of nitrogens with zero attached hydrogens (tertiary/aromatic N) is 1. The van der Waals surface area contributed by atoms with Gasteiger partial charge in [-0.05, 0) is 23.5 Å². The van der Waals surface area contributed by atoms with Crippen molar-refractivity contribution in [3.05, 3.63) is 35.4 Å². The zero-order valence-electron chi connectivity index (χ0n) is 9.40. The average molecular weight is 202 g/mol. The molecular formula is C13H18N2. The Balaban J connectivity index is 2.67. The van der Waals surface area contributed by atoms with Gasteiger partial charge < -0.3 is 5.73 Å². The molecule has 0 amide bonds. The van der Waals surface area contributed by atoms with Gasteiger partial charge in [-0.2, -0.15) is 5.26 Å². The second-order valence-corrected chi connectivity index (χ2v) is 4.12. The molecule has 0 spiro atoms. The van der Waals surface area contributed by atoms with Crippen LogP contribution in [0.4, 0.5) is 0 Å². The summed E-state index contributed by atoms with van der Waals surface area (Å²) >= 11 is 0. The fourth-order valence-electron chi connectivity index (χ4n) is 1.51. The first-order valence-electron chi connectivity index (χ1n) is 5.37. The zero-order chi connectivity index (χ0) is 11.3. The van der Waals surface area contributed by atoms with E-state index in [1.807, 2.05) is 0 Å². The lowest BCUT2D eigenvalue weighted by molar-refractivity contribution is 0.664. The molecule has 0 aliphatic rings. The minimum Gasteiger partial charge on any atom is -0.324 e. The van der Waals surface area contributed by atoms with Gasteiger partial charge in [0, 0.05) is 12.5 Å². The SMILES string of the molecule is CC(C)c1ccc(C(N)CCC#N)cc1. The molecule has 1 unspecified atom stereocenters. The Morgan fingerprint density at radius 2 is 1.73 bits per heavy atom. The Hall–Kier alpha value is -1.33. The smallest absolute Gasteiger partial charge is 0.0622 e. The zero-order valence-corrected chi connectivity index (χ0v) is 9.40. The van der Waals surface area contributed by atoms with E-state index in [0.717, 1.165) is 12.0 Å². The van der Waals surface area contributed by atoms with Gasteiger partial charge in [0.25, 0.3) is 0 Å². The first kappa shape index (κ1) is 11.7. The molecule has 2 nitrogen and oxygen atoms in total. The fourth-order valence-corrected chi connectivity index (χ4v) is 1.51. The predicted molar refractivity (Wildman–Crippen MR) is 62.3 cm³/mol. The van der Waals surface area contributed by atoms with Crippen LogP contribution in [0.25, 0.3) is 0 Å². The number of nitriles is 1. The Kier molecular flexibility index (Phi) is 4.33. The highest BCUT2D eigenvalue weighted by atomic mass is 14.6. The number of rotatable bonds is 4. The van der Waals surface area contributed by atoms with Crippen molar-refractivity contribution in [3.8, 4) is 6.07 Å². The third-order valence-corrected chi connectivity index (χ3v) is 2.60. The van der Waals surface area contributed by atoms with Crippen LogP contribution in [0.5, 0.6) is 0 Å². The highest BCUT2D eigenvalue weighted by Gasteiger charge is 2.06. The molecule has 0 aliphatic heterocycles. The molecule has 15 heavy (non-hydrogen) atoms. The number of nitrogens with two attached hydrogens (primary N) is 1. The van der Waals surface area contributed by atoms with Gasteiger partial charge in [-0.15, -0.1) is 0 Å². The van der Waals surface area contributed by atoms with Crippen LogP contribution in [0.3, 0.4) is 0 Å². The lowest BCUT2D eigenvalue weighted by Crippen LogP contribution is -2.09. The number of hydrogen-bond acceptors (Lipinski definition) is 2. The van der Waals surface area contributed by atoms with Crippen LogP contribution in [-0.4, -0.2) is 0 Å². The molecule has 0 radical (unpaired) electrons. The van der Waals surface area contributed by atoms with Gasteiger partial charge in [-0.3, -0.25) is 0 Å². The fraction of sp³-hybridized carbons (Fsp3) is 0.462. The van der Waals surface area contributed by atoms with Gasteiger partial charge in [0.1, 0.15) is 0 Å².